The van der Waals surface area contributed by atoms with Crippen LogP contribution in [0.5, 0.6) is 0 Å². The van der Waals surface area contributed by atoms with Crippen LogP contribution in [-0.4, -0.2) is 45.4 Å². The van der Waals surface area contributed by atoms with Crippen LogP contribution in [-0.2, 0) is 10.0 Å². The van der Waals surface area contributed by atoms with Gasteiger partial charge in [-0.15, -0.1) is 6.58 Å². The topological polar surface area (TPSA) is 91.6 Å². The van der Waals surface area contributed by atoms with Crippen LogP contribution in [0.2, 0.25) is 0 Å². The fraction of sp³-hybridized carbons (Fsp3) is 0.381. The lowest BCUT2D eigenvalue weighted by atomic mass is 10.1. The third-order valence-corrected chi connectivity index (χ3v) is 6.37. The molecule has 1 aliphatic rings. The van der Waals surface area contributed by atoms with Gasteiger partial charge in [0.15, 0.2) is 0 Å². The Morgan fingerprint density at radius 1 is 1.28 bits per heavy atom. The molecule has 156 valence electrons. The van der Waals surface area contributed by atoms with Crippen molar-refractivity contribution in [1.29, 1.82) is 0 Å². The fourth-order valence-electron chi connectivity index (χ4n) is 3.44. The minimum Gasteiger partial charge on any atom is -0.465 e. The molecule has 1 aromatic heterocycles. The second kappa shape index (κ2) is 9.39. The maximum absolute atomic E-state index is 12.7. The molecule has 0 bridgehead atoms. The van der Waals surface area contributed by atoms with Crippen molar-refractivity contribution < 1.29 is 17.6 Å². The average Bonchev–Trinajstić information content (AvgIpc) is 3.39. The number of aryl methyl sites for hydroxylation is 1. The number of carbonyl (C=O) groups excluding carboxylic acids is 1. The highest BCUT2D eigenvalue weighted by molar-refractivity contribution is 7.89. The molecule has 3 rings (SSSR count). The summed E-state index contributed by atoms with van der Waals surface area (Å²) < 4.78 is 32.8. The van der Waals surface area contributed by atoms with Crippen LogP contribution in [0.3, 0.4) is 0 Å². The summed E-state index contributed by atoms with van der Waals surface area (Å²) >= 11 is 0. The molecule has 7 nitrogen and oxygen atoms in total. The summed E-state index contributed by atoms with van der Waals surface area (Å²) in [6, 6.07) is 9.82. The van der Waals surface area contributed by atoms with Crippen LogP contribution in [0, 0.1) is 6.92 Å². The normalized spacial score (nSPS) is 15.9. The monoisotopic (exact) mass is 417 g/mol. The number of amides is 1. The van der Waals surface area contributed by atoms with E-state index in [0.29, 0.717) is 12.1 Å². The molecule has 1 saturated heterocycles. The van der Waals surface area contributed by atoms with Gasteiger partial charge in [0.2, 0.25) is 10.0 Å². The molecular weight excluding hydrogens is 390 g/mol. The van der Waals surface area contributed by atoms with Crippen molar-refractivity contribution in [2.24, 2.45) is 0 Å². The molecule has 2 heterocycles. The molecule has 2 N–H and O–H groups in total. The molecular formula is C21H27N3O4S. The molecule has 1 aromatic carbocycles. The molecule has 1 aliphatic heterocycles. The maximum Gasteiger partial charge on any atom is 0.251 e. The van der Waals surface area contributed by atoms with Gasteiger partial charge < -0.3 is 9.73 Å². The first kappa shape index (κ1) is 21.3. The number of likely N-dealkylation sites (tertiary alicyclic amines) is 1. The highest BCUT2D eigenvalue weighted by atomic mass is 32.2. The van der Waals surface area contributed by atoms with Crippen molar-refractivity contribution in [3.63, 3.8) is 0 Å². The minimum atomic E-state index is -3.69. The van der Waals surface area contributed by atoms with E-state index in [9.17, 15) is 13.2 Å². The summed E-state index contributed by atoms with van der Waals surface area (Å²) in [6.07, 6.45) is 3.71. The zero-order valence-corrected chi connectivity index (χ0v) is 17.4. The number of nitrogens with zero attached hydrogens (tertiary/aromatic N) is 1. The Hall–Kier alpha value is -2.42. The highest BCUT2D eigenvalue weighted by Gasteiger charge is 2.26. The van der Waals surface area contributed by atoms with E-state index in [4.69, 9.17) is 4.42 Å². The Morgan fingerprint density at radius 2 is 2.03 bits per heavy atom. The van der Waals surface area contributed by atoms with Crippen molar-refractivity contribution in [3.8, 4) is 0 Å². The standard InChI is InChI=1S/C21H27N3O4S/c1-3-11-23-29(26,27)18-8-6-7-17(14-18)21(25)22-15-19(24-12-4-5-13-24)20-10-9-16(2)28-20/h3,6-10,14,19,23H,1,4-5,11-13,15H2,2H3,(H,22,25)/t19-/m1/s1. The first-order chi connectivity index (χ1) is 13.9. The van der Waals surface area contributed by atoms with Crippen LogP contribution >= 0.6 is 0 Å². The van der Waals surface area contributed by atoms with Gasteiger partial charge in [0.1, 0.15) is 11.5 Å². The average molecular weight is 418 g/mol. The largest absolute Gasteiger partial charge is 0.465 e. The number of hydrogen-bond acceptors (Lipinski definition) is 5. The molecule has 0 radical (unpaired) electrons. The van der Waals surface area contributed by atoms with E-state index < -0.39 is 10.0 Å². The van der Waals surface area contributed by atoms with E-state index in [1.165, 1.54) is 18.2 Å². The Morgan fingerprint density at radius 3 is 2.69 bits per heavy atom. The van der Waals surface area contributed by atoms with Crippen molar-refractivity contribution in [1.82, 2.24) is 14.9 Å². The molecule has 1 fully saturated rings. The highest BCUT2D eigenvalue weighted by Crippen LogP contribution is 2.26. The van der Waals surface area contributed by atoms with E-state index in [1.54, 1.807) is 12.1 Å². The van der Waals surface area contributed by atoms with Crippen molar-refractivity contribution in [3.05, 3.63) is 66.1 Å². The Kier molecular flexibility index (Phi) is 6.89. The van der Waals surface area contributed by atoms with Gasteiger partial charge in [0, 0.05) is 18.7 Å². The third kappa shape index (κ3) is 5.35. The van der Waals surface area contributed by atoms with E-state index in [2.05, 4.69) is 21.5 Å². The summed E-state index contributed by atoms with van der Waals surface area (Å²) in [4.78, 5) is 15.1. The third-order valence-electron chi connectivity index (χ3n) is 4.95. The molecule has 8 heteroatoms. The van der Waals surface area contributed by atoms with Crippen LogP contribution in [0.1, 0.15) is 40.8 Å². The van der Waals surface area contributed by atoms with Gasteiger partial charge in [-0.1, -0.05) is 12.1 Å². The molecule has 0 saturated carbocycles. The van der Waals surface area contributed by atoms with Crippen LogP contribution in [0.15, 0.2) is 58.4 Å². The smallest absolute Gasteiger partial charge is 0.251 e. The molecule has 2 aromatic rings. The summed E-state index contributed by atoms with van der Waals surface area (Å²) in [6.45, 7) is 7.83. The van der Waals surface area contributed by atoms with E-state index in [-0.39, 0.29) is 23.4 Å². The number of benzene rings is 1. The lowest BCUT2D eigenvalue weighted by Crippen LogP contribution is -2.36. The summed E-state index contributed by atoms with van der Waals surface area (Å²) in [5.74, 6) is 1.34. The quantitative estimate of drug-likeness (QED) is 0.612. The van der Waals surface area contributed by atoms with Crippen molar-refractivity contribution >= 4 is 15.9 Å². The number of rotatable bonds is 9. The predicted molar refractivity (Wildman–Crippen MR) is 111 cm³/mol. The zero-order valence-electron chi connectivity index (χ0n) is 16.6. The summed E-state index contributed by atoms with van der Waals surface area (Å²) in [5, 5.41) is 2.93. The van der Waals surface area contributed by atoms with Gasteiger partial charge in [-0.25, -0.2) is 13.1 Å². The Labute approximate surface area is 171 Å². The number of sulfonamides is 1. The second-order valence-corrected chi connectivity index (χ2v) is 8.85. The molecule has 0 spiro atoms. The number of nitrogens with one attached hydrogen (secondary N) is 2. The number of furan rings is 1. The number of hydrogen-bond donors (Lipinski definition) is 2. The van der Waals surface area contributed by atoms with Crippen LogP contribution < -0.4 is 10.0 Å². The fourth-order valence-corrected chi connectivity index (χ4v) is 4.49. The second-order valence-electron chi connectivity index (χ2n) is 7.09. The molecule has 29 heavy (non-hydrogen) atoms. The molecule has 0 unspecified atom stereocenters. The van der Waals surface area contributed by atoms with Gasteiger partial charge in [-0.2, -0.15) is 0 Å². The first-order valence-corrected chi connectivity index (χ1v) is 11.2. The van der Waals surface area contributed by atoms with E-state index in [0.717, 1.165) is 37.5 Å². The zero-order chi connectivity index (χ0) is 20.9. The SMILES string of the molecule is C=CCNS(=O)(=O)c1cccc(C(=O)NC[C@H](c2ccc(C)o2)N2CCCC2)c1. The van der Waals surface area contributed by atoms with Crippen molar-refractivity contribution in [2.45, 2.75) is 30.7 Å². The Balaban J connectivity index is 1.72. The lowest BCUT2D eigenvalue weighted by Gasteiger charge is -2.26. The van der Waals surface area contributed by atoms with Gasteiger partial charge in [-0.05, 0) is 63.2 Å². The summed E-state index contributed by atoms with van der Waals surface area (Å²) in [5.41, 5.74) is 0.294. The maximum atomic E-state index is 12.7. The van der Waals surface area contributed by atoms with E-state index in [1.807, 2.05) is 19.1 Å². The molecule has 0 aliphatic carbocycles. The molecule has 1 atom stereocenters. The van der Waals surface area contributed by atoms with Crippen LogP contribution in [0.25, 0.3) is 0 Å². The number of carbonyl (C=O) groups is 1. The van der Waals surface area contributed by atoms with Gasteiger partial charge >= 0.3 is 0 Å². The van der Waals surface area contributed by atoms with Gasteiger partial charge in [0.25, 0.3) is 5.91 Å². The lowest BCUT2D eigenvalue weighted by molar-refractivity contribution is 0.0933. The van der Waals surface area contributed by atoms with Gasteiger partial charge in [-0.3, -0.25) is 9.69 Å². The van der Waals surface area contributed by atoms with E-state index >= 15 is 0 Å². The first-order valence-electron chi connectivity index (χ1n) is 9.70. The van der Waals surface area contributed by atoms with Crippen LogP contribution in [0.4, 0.5) is 0 Å². The Bertz CT molecular complexity index is 962. The predicted octanol–water partition coefficient (Wildman–Crippen LogP) is 2.62. The summed E-state index contributed by atoms with van der Waals surface area (Å²) in [7, 11) is -3.69. The van der Waals surface area contributed by atoms with Crippen molar-refractivity contribution in [2.75, 3.05) is 26.2 Å². The molecule has 1 amide bonds. The minimum absolute atomic E-state index is 0.0451. The van der Waals surface area contributed by atoms with Gasteiger partial charge in [0.05, 0.1) is 10.9 Å².